The van der Waals surface area contributed by atoms with E-state index in [0.717, 1.165) is 10.1 Å². The van der Waals surface area contributed by atoms with Gasteiger partial charge in [-0.3, -0.25) is 0 Å². The first-order valence-corrected chi connectivity index (χ1v) is 4.15. The summed E-state index contributed by atoms with van der Waals surface area (Å²) in [6, 6.07) is 0. The van der Waals surface area contributed by atoms with Crippen LogP contribution in [0.1, 0.15) is 13.8 Å². The van der Waals surface area contributed by atoms with Crippen LogP contribution in [0.5, 0.6) is 0 Å². The molecule has 0 aliphatic heterocycles. The average Bonchev–Trinajstić information content (AvgIpc) is 2.03. The second-order valence-electron chi connectivity index (χ2n) is 2.66. The Bertz CT molecular complexity index is 101. The molecular weight excluding hydrogens is 160 g/mol. The Morgan fingerprint density at radius 1 is 1.00 bits per heavy atom. The number of hydrogen-bond acceptors (Lipinski definition) is 5. The van der Waals surface area contributed by atoms with Crippen LogP contribution >= 0.6 is 0 Å². The van der Waals surface area contributed by atoms with Crippen molar-refractivity contribution < 1.29 is 15.5 Å². The largest absolute Gasteiger partial charge is 0.390 e. The van der Waals surface area contributed by atoms with E-state index >= 15 is 0 Å². The molecule has 0 aliphatic rings. The van der Waals surface area contributed by atoms with Gasteiger partial charge in [0, 0.05) is 13.1 Å². The molecule has 74 valence electrons. The highest BCUT2D eigenvalue weighted by atomic mass is 16.5. The molecule has 5 heteroatoms. The molecule has 0 aromatic carbocycles. The van der Waals surface area contributed by atoms with Crippen LogP contribution in [0, 0.1) is 0 Å². The summed E-state index contributed by atoms with van der Waals surface area (Å²) in [5, 5.41) is 29.2. The molecule has 0 amide bonds. The summed E-state index contributed by atoms with van der Waals surface area (Å²) in [5.74, 6) is 0. The monoisotopic (exact) mass is 178 g/mol. The third-order valence-electron chi connectivity index (χ3n) is 1.57. The van der Waals surface area contributed by atoms with Crippen molar-refractivity contribution in [1.29, 1.82) is 0 Å². The lowest BCUT2D eigenvalue weighted by Gasteiger charge is -2.20. The van der Waals surface area contributed by atoms with Gasteiger partial charge >= 0.3 is 0 Å². The summed E-state index contributed by atoms with van der Waals surface area (Å²) in [7, 11) is 0. The van der Waals surface area contributed by atoms with Crippen LogP contribution in [-0.4, -0.2) is 57.9 Å². The normalized spacial score (nSPS) is 12.0. The van der Waals surface area contributed by atoms with Crippen molar-refractivity contribution in [3.63, 3.8) is 0 Å². The average molecular weight is 178 g/mol. The maximum absolute atomic E-state index is 9.25. The first-order chi connectivity index (χ1) is 5.60. The number of rotatable bonds is 6. The van der Waals surface area contributed by atoms with Crippen molar-refractivity contribution in [3.05, 3.63) is 0 Å². The summed E-state index contributed by atoms with van der Waals surface area (Å²) in [6.07, 6.45) is -0.722. The SMILES string of the molecule is CCN(O)CC(O)CN(O)CC. The zero-order chi connectivity index (χ0) is 9.56. The van der Waals surface area contributed by atoms with Gasteiger partial charge in [0.1, 0.15) is 0 Å². The maximum Gasteiger partial charge on any atom is 0.0840 e. The van der Waals surface area contributed by atoms with Crippen LogP contribution in [0.4, 0.5) is 0 Å². The fourth-order valence-electron chi connectivity index (χ4n) is 0.802. The number of nitrogens with zero attached hydrogens (tertiary/aromatic N) is 2. The molecule has 0 radical (unpaired) electrons. The van der Waals surface area contributed by atoms with Crippen molar-refractivity contribution in [2.24, 2.45) is 0 Å². The minimum atomic E-state index is -0.722. The van der Waals surface area contributed by atoms with Gasteiger partial charge in [-0.05, 0) is 0 Å². The third-order valence-corrected chi connectivity index (χ3v) is 1.57. The molecule has 0 heterocycles. The van der Waals surface area contributed by atoms with Gasteiger partial charge in [-0.1, -0.05) is 13.8 Å². The molecule has 0 rings (SSSR count). The fourth-order valence-corrected chi connectivity index (χ4v) is 0.802. The Morgan fingerprint density at radius 2 is 1.33 bits per heavy atom. The van der Waals surface area contributed by atoms with Gasteiger partial charge in [0.25, 0.3) is 0 Å². The quantitative estimate of drug-likeness (QED) is 0.490. The van der Waals surface area contributed by atoms with Gasteiger partial charge in [0.05, 0.1) is 19.2 Å². The van der Waals surface area contributed by atoms with E-state index in [1.54, 1.807) is 13.8 Å². The molecule has 0 fully saturated rings. The van der Waals surface area contributed by atoms with Crippen molar-refractivity contribution in [3.8, 4) is 0 Å². The van der Waals surface area contributed by atoms with Crippen molar-refractivity contribution in [1.82, 2.24) is 10.1 Å². The van der Waals surface area contributed by atoms with Crippen LogP contribution < -0.4 is 0 Å². The van der Waals surface area contributed by atoms with E-state index < -0.39 is 6.10 Å². The molecule has 5 nitrogen and oxygen atoms in total. The predicted octanol–water partition coefficient (Wildman–Crippen LogP) is -0.231. The summed E-state index contributed by atoms with van der Waals surface area (Å²) in [5.41, 5.74) is 0. The van der Waals surface area contributed by atoms with E-state index in [4.69, 9.17) is 10.4 Å². The first kappa shape index (κ1) is 11.8. The third kappa shape index (κ3) is 5.45. The number of likely N-dealkylation sites (N-methyl/N-ethyl adjacent to an activating group) is 2. The van der Waals surface area contributed by atoms with Crippen molar-refractivity contribution in [2.45, 2.75) is 20.0 Å². The van der Waals surface area contributed by atoms with Crippen LogP contribution in [0.3, 0.4) is 0 Å². The highest BCUT2D eigenvalue weighted by Crippen LogP contribution is 1.91. The van der Waals surface area contributed by atoms with Crippen LogP contribution in [0.25, 0.3) is 0 Å². The van der Waals surface area contributed by atoms with Gasteiger partial charge in [-0.2, -0.15) is 10.1 Å². The number of aliphatic hydroxyl groups excluding tert-OH is 1. The molecule has 12 heavy (non-hydrogen) atoms. The molecule has 0 aliphatic carbocycles. The number of hydroxylamine groups is 4. The lowest BCUT2D eigenvalue weighted by atomic mass is 10.3. The van der Waals surface area contributed by atoms with Crippen LogP contribution in [-0.2, 0) is 0 Å². The van der Waals surface area contributed by atoms with Gasteiger partial charge in [-0.25, -0.2) is 0 Å². The second-order valence-corrected chi connectivity index (χ2v) is 2.66. The van der Waals surface area contributed by atoms with Crippen LogP contribution in [0.15, 0.2) is 0 Å². The molecule has 0 atom stereocenters. The maximum atomic E-state index is 9.25. The van der Waals surface area contributed by atoms with E-state index in [2.05, 4.69) is 0 Å². The smallest absolute Gasteiger partial charge is 0.0840 e. The zero-order valence-electron chi connectivity index (χ0n) is 7.64. The molecule has 0 saturated carbocycles. The molecule has 0 aromatic rings. The Balaban J connectivity index is 3.51. The first-order valence-electron chi connectivity index (χ1n) is 4.15. The van der Waals surface area contributed by atoms with Gasteiger partial charge < -0.3 is 15.5 Å². The van der Waals surface area contributed by atoms with E-state index in [-0.39, 0.29) is 13.1 Å². The summed E-state index contributed by atoms with van der Waals surface area (Å²) in [4.78, 5) is 0. The number of aliphatic hydroxyl groups is 1. The highest BCUT2D eigenvalue weighted by Gasteiger charge is 2.10. The summed E-state index contributed by atoms with van der Waals surface area (Å²) < 4.78 is 0. The Kier molecular flexibility index (Phi) is 6.23. The van der Waals surface area contributed by atoms with E-state index in [0.29, 0.717) is 13.1 Å². The molecule has 0 bridgehead atoms. The van der Waals surface area contributed by atoms with Gasteiger partial charge in [0.15, 0.2) is 0 Å². The van der Waals surface area contributed by atoms with Gasteiger partial charge in [0.2, 0.25) is 0 Å². The molecule has 0 spiro atoms. The zero-order valence-corrected chi connectivity index (χ0v) is 7.64. The Labute approximate surface area is 72.7 Å². The van der Waals surface area contributed by atoms with Crippen molar-refractivity contribution >= 4 is 0 Å². The molecular formula is C7H18N2O3. The highest BCUT2D eigenvalue weighted by molar-refractivity contribution is 4.59. The van der Waals surface area contributed by atoms with Crippen molar-refractivity contribution in [2.75, 3.05) is 26.2 Å². The topological polar surface area (TPSA) is 67.2 Å². The van der Waals surface area contributed by atoms with E-state index in [1.165, 1.54) is 0 Å². The molecule has 0 unspecified atom stereocenters. The lowest BCUT2D eigenvalue weighted by molar-refractivity contribution is -0.143. The molecule has 0 saturated heterocycles. The molecule has 3 N–H and O–H groups in total. The number of hydrogen-bond donors (Lipinski definition) is 3. The molecule has 0 aromatic heterocycles. The van der Waals surface area contributed by atoms with Gasteiger partial charge in [-0.15, -0.1) is 0 Å². The van der Waals surface area contributed by atoms with E-state index in [9.17, 15) is 5.11 Å². The standard InChI is InChI=1S/C7H18N2O3/c1-3-8(11)5-7(10)6-9(12)4-2/h7,10-12H,3-6H2,1-2H3. The Hall–Kier alpha value is -0.200. The summed E-state index contributed by atoms with van der Waals surface area (Å²) in [6.45, 7) is 4.82. The minimum Gasteiger partial charge on any atom is -0.390 e. The summed E-state index contributed by atoms with van der Waals surface area (Å²) >= 11 is 0. The Morgan fingerprint density at radius 3 is 1.58 bits per heavy atom. The predicted molar refractivity (Wildman–Crippen MR) is 44.1 cm³/mol. The van der Waals surface area contributed by atoms with E-state index in [1.807, 2.05) is 0 Å². The second kappa shape index (κ2) is 6.33. The van der Waals surface area contributed by atoms with Crippen LogP contribution in [0.2, 0.25) is 0 Å². The fraction of sp³-hybridized carbons (Fsp3) is 1.00. The minimum absolute atomic E-state index is 0.160. The lowest BCUT2D eigenvalue weighted by Crippen LogP contribution is -2.37.